The third-order valence-electron chi connectivity index (χ3n) is 4.94. The Morgan fingerprint density at radius 2 is 2.00 bits per heavy atom. The number of allylic oxidation sites excluding steroid dienone is 1. The molecule has 1 aromatic rings. The number of nitrogens with zero attached hydrogens (tertiary/aromatic N) is 4. The number of hydrogen-bond acceptors (Lipinski definition) is 5. The minimum Gasteiger partial charge on any atom is -0.354 e. The number of piperazine rings is 1. The Morgan fingerprint density at radius 1 is 1.25 bits per heavy atom. The molecule has 1 aliphatic heterocycles. The van der Waals surface area contributed by atoms with Crippen LogP contribution >= 0.6 is 0 Å². The highest BCUT2D eigenvalue weighted by atomic mass is 16.1. The highest BCUT2D eigenvalue weighted by Crippen LogP contribution is 2.11. The van der Waals surface area contributed by atoms with Crippen LogP contribution in [0.15, 0.2) is 22.8 Å². The number of carbonyl (C=O) groups is 1. The molecule has 0 bridgehead atoms. The van der Waals surface area contributed by atoms with Crippen LogP contribution in [0.4, 0.5) is 5.82 Å². The van der Waals surface area contributed by atoms with Gasteiger partial charge in [-0.1, -0.05) is 12.8 Å². The SMILES string of the molecule is CCN=C(/C=C(\C)Nc1cc(C)[nH]n1)N1CCN(CCCCCCC=O)CC1. The molecule has 7 nitrogen and oxygen atoms in total. The number of carbonyl (C=O) groups excluding carboxylic acids is 1. The zero-order chi connectivity index (χ0) is 20.2. The van der Waals surface area contributed by atoms with Crippen LogP contribution < -0.4 is 5.32 Å². The molecule has 2 heterocycles. The Balaban J connectivity index is 1.78. The molecule has 28 heavy (non-hydrogen) atoms. The molecule has 0 aromatic carbocycles. The van der Waals surface area contributed by atoms with Crippen molar-refractivity contribution in [2.45, 2.75) is 52.9 Å². The van der Waals surface area contributed by atoms with Crippen LogP contribution in [-0.2, 0) is 4.79 Å². The third kappa shape index (κ3) is 7.84. The molecule has 0 atom stereocenters. The average Bonchev–Trinajstić information content (AvgIpc) is 3.09. The molecule has 2 N–H and O–H groups in total. The Hall–Kier alpha value is -2.15. The Kier molecular flexibility index (Phi) is 9.76. The molecule has 0 radical (unpaired) electrons. The van der Waals surface area contributed by atoms with E-state index in [1.54, 1.807) is 0 Å². The number of rotatable bonds is 11. The van der Waals surface area contributed by atoms with Crippen LogP contribution in [0.2, 0.25) is 0 Å². The predicted octanol–water partition coefficient (Wildman–Crippen LogP) is 3.22. The lowest BCUT2D eigenvalue weighted by Gasteiger charge is -2.36. The van der Waals surface area contributed by atoms with Crippen LogP contribution in [0.5, 0.6) is 0 Å². The molecule has 1 fully saturated rings. The largest absolute Gasteiger partial charge is 0.354 e. The second kappa shape index (κ2) is 12.3. The number of aromatic amines is 1. The van der Waals surface area contributed by atoms with E-state index in [2.05, 4.69) is 45.2 Å². The molecule has 1 saturated heterocycles. The predicted molar refractivity (Wildman–Crippen MR) is 116 cm³/mol. The van der Waals surface area contributed by atoms with Gasteiger partial charge in [0.25, 0.3) is 0 Å². The number of aryl methyl sites for hydroxylation is 1. The number of aromatic nitrogens is 2. The van der Waals surface area contributed by atoms with Crippen molar-refractivity contribution >= 4 is 17.9 Å². The van der Waals surface area contributed by atoms with Gasteiger partial charge in [-0.3, -0.25) is 15.0 Å². The zero-order valence-electron chi connectivity index (χ0n) is 17.7. The second-order valence-electron chi connectivity index (χ2n) is 7.42. The van der Waals surface area contributed by atoms with Crippen LogP contribution in [-0.4, -0.2) is 71.4 Å². The van der Waals surface area contributed by atoms with E-state index in [0.717, 1.165) is 75.0 Å². The van der Waals surface area contributed by atoms with Gasteiger partial charge in [0.2, 0.25) is 0 Å². The lowest BCUT2D eigenvalue weighted by Crippen LogP contribution is -2.48. The maximum Gasteiger partial charge on any atom is 0.152 e. The second-order valence-corrected chi connectivity index (χ2v) is 7.42. The van der Waals surface area contributed by atoms with Gasteiger partial charge in [-0.15, -0.1) is 0 Å². The number of aliphatic imine (C=N–C) groups is 1. The van der Waals surface area contributed by atoms with Gasteiger partial charge in [-0.05, 0) is 46.2 Å². The van der Waals surface area contributed by atoms with Gasteiger partial charge in [-0.2, -0.15) is 5.10 Å². The molecule has 0 aliphatic carbocycles. The lowest BCUT2D eigenvalue weighted by molar-refractivity contribution is -0.107. The number of nitrogens with one attached hydrogen (secondary N) is 2. The molecule has 2 rings (SSSR count). The normalized spacial score (nSPS) is 16.5. The Labute approximate surface area is 169 Å². The monoisotopic (exact) mass is 388 g/mol. The maximum atomic E-state index is 10.3. The van der Waals surface area contributed by atoms with Crippen molar-refractivity contribution in [2.75, 3.05) is 44.6 Å². The van der Waals surface area contributed by atoms with Crippen LogP contribution in [0.1, 0.15) is 51.6 Å². The molecule has 0 amide bonds. The molecule has 0 saturated carbocycles. The third-order valence-corrected chi connectivity index (χ3v) is 4.94. The van der Waals surface area contributed by atoms with Gasteiger partial charge in [0.1, 0.15) is 12.1 Å². The van der Waals surface area contributed by atoms with Crippen LogP contribution in [0, 0.1) is 6.92 Å². The topological polar surface area (TPSA) is 76.6 Å². The summed E-state index contributed by atoms with van der Waals surface area (Å²) in [7, 11) is 0. The number of hydrogen-bond donors (Lipinski definition) is 2. The molecule has 1 aliphatic rings. The van der Waals surface area contributed by atoms with Gasteiger partial charge in [0.15, 0.2) is 5.82 Å². The molecule has 0 spiro atoms. The Bertz CT molecular complexity index is 643. The summed E-state index contributed by atoms with van der Waals surface area (Å²) in [6.07, 6.45) is 8.49. The van der Waals surface area contributed by atoms with E-state index >= 15 is 0 Å². The van der Waals surface area contributed by atoms with Crippen molar-refractivity contribution < 1.29 is 4.79 Å². The number of anilines is 1. The van der Waals surface area contributed by atoms with Gasteiger partial charge in [0.05, 0.1) is 0 Å². The van der Waals surface area contributed by atoms with Gasteiger partial charge >= 0.3 is 0 Å². The first-order valence-electron chi connectivity index (χ1n) is 10.5. The molecule has 0 unspecified atom stereocenters. The molecular weight excluding hydrogens is 352 g/mol. The quantitative estimate of drug-likeness (QED) is 0.263. The van der Waals surface area contributed by atoms with Crippen LogP contribution in [0.3, 0.4) is 0 Å². The summed E-state index contributed by atoms with van der Waals surface area (Å²) in [5.41, 5.74) is 2.08. The van der Waals surface area contributed by atoms with Crippen molar-refractivity contribution in [1.82, 2.24) is 20.0 Å². The molecule has 156 valence electrons. The van der Waals surface area contributed by atoms with Crippen molar-refractivity contribution in [3.05, 3.63) is 23.5 Å². The summed E-state index contributed by atoms with van der Waals surface area (Å²) in [6.45, 7) is 12.2. The van der Waals surface area contributed by atoms with E-state index in [-0.39, 0.29) is 0 Å². The van der Waals surface area contributed by atoms with Crippen molar-refractivity contribution in [1.29, 1.82) is 0 Å². The molecule has 7 heteroatoms. The minimum absolute atomic E-state index is 0.708. The van der Waals surface area contributed by atoms with Gasteiger partial charge in [-0.25, -0.2) is 0 Å². The highest BCUT2D eigenvalue weighted by Gasteiger charge is 2.18. The van der Waals surface area contributed by atoms with E-state index in [1.165, 1.54) is 19.3 Å². The fourth-order valence-electron chi connectivity index (χ4n) is 3.43. The maximum absolute atomic E-state index is 10.3. The molecule has 1 aromatic heterocycles. The Morgan fingerprint density at radius 3 is 2.64 bits per heavy atom. The van der Waals surface area contributed by atoms with E-state index in [1.807, 2.05) is 13.0 Å². The zero-order valence-corrected chi connectivity index (χ0v) is 17.7. The summed E-state index contributed by atoms with van der Waals surface area (Å²) in [4.78, 5) is 20.0. The first-order chi connectivity index (χ1) is 13.6. The van der Waals surface area contributed by atoms with E-state index in [0.29, 0.717) is 6.42 Å². The number of aldehydes is 1. The summed E-state index contributed by atoms with van der Waals surface area (Å²) in [5, 5.41) is 10.5. The van der Waals surface area contributed by atoms with Crippen molar-refractivity contribution in [3.63, 3.8) is 0 Å². The van der Waals surface area contributed by atoms with Gasteiger partial charge in [0, 0.05) is 56.6 Å². The van der Waals surface area contributed by atoms with Crippen molar-refractivity contribution in [3.8, 4) is 0 Å². The van der Waals surface area contributed by atoms with Gasteiger partial charge < -0.3 is 15.0 Å². The standard InChI is InChI=1S/C21H36N6O/c1-4-22-21(17-18(2)23-20-16-19(3)24-25-20)27-13-11-26(12-14-27)10-8-6-5-7-9-15-28/h15-17H,4-14H2,1-3H3,(H2,23,24,25)/b18-17+,22-21?. The minimum atomic E-state index is 0.708. The van der Waals surface area contributed by atoms with Crippen molar-refractivity contribution in [2.24, 2.45) is 4.99 Å². The molecular formula is C21H36N6O. The van der Waals surface area contributed by atoms with Crippen LogP contribution in [0.25, 0.3) is 0 Å². The number of amidine groups is 1. The average molecular weight is 389 g/mol. The van der Waals surface area contributed by atoms with E-state index < -0.39 is 0 Å². The summed E-state index contributed by atoms with van der Waals surface area (Å²) in [6, 6.07) is 1.99. The first kappa shape index (κ1) is 22.1. The highest BCUT2D eigenvalue weighted by molar-refractivity contribution is 5.94. The fourth-order valence-corrected chi connectivity index (χ4v) is 3.43. The summed E-state index contributed by atoms with van der Waals surface area (Å²) in [5.74, 6) is 1.88. The lowest BCUT2D eigenvalue weighted by atomic mass is 10.1. The van der Waals surface area contributed by atoms with E-state index in [4.69, 9.17) is 4.99 Å². The summed E-state index contributed by atoms with van der Waals surface area (Å²) < 4.78 is 0. The first-order valence-corrected chi connectivity index (χ1v) is 10.5. The van der Waals surface area contributed by atoms with E-state index in [9.17, 15) is 4.79 Å². The summed E-state index contributed by atoms with van der Waals surface area (Å²) >= 11 is 0. The number of unbranched alkanes of at least 4 members (excludes halogenated alkanes) is 4. The number of H-pyrrole nitrogens is 1. The fraction of sp³-hybridized carbons (Fsp3) is 0.667. The smallest absolute Gasteiger partial charge is 0.152 e.